The van der Waals surface area contributed by atoms with E-state index >= 15 is 0 Å². The van der Waals surface area contributed by atoms with E-state index in [1.54, 1.807) is 12.0 Å². The molecule has 0 unspecified atom stereocenters. The molecule has 8 rings (SSSR count). The Kier molecular flexibility index (Phi) is 12.0. The van der Waals surface area contributed by atoms with E-state index in [9.17, 15) is 27.6 Å². The first-order valence-electron chi connectivity index (χ1n) is 21.7. The van der Waals surface area contributed by atoms with Gasteiger partial charge in [-0.25, -0.2) is 13.4 Å². The summed E-state index contributed by atoms with van der Waals surface area (Å²) in [6.07, 6.45) is 8.71. The molecule has 5 bridgehead atoms. The molecule has 2 aliphatic carbocycles. The molecule has 2 amide bonds. The molecule has 316 valence electrons. The third kappa shape index (κ3) is 9.15. The van der Waals surface area contributed by atoms with E-state index in [-0.39, 0.29) is 55.9 Å². The van der Waals surface area contributed by atoms with E-state index in [1.807, 2.05) is 42.5 Å². The average molecular weight is 828 g/mol. The molecule has 4 fully saturated rings. The summed E-state index contributed by atoms with van der Waals surface area (Å²) in [4.78, 5) is 63.6. The van der Waals surface area contributed by atoms with Crippen molar-refractivity contribution in [1.82, 2.24) is 14.6 Å². The highest BCUT2D eigenvalue weighted by Gasteiger charge is 2.62. The lowest BCUT2D eigenvalue weighted by Gasteiger charge is -2.29. The predicted octanol–water partition coefficient (Wildman–Crippen LogP) is 7.10. The Hall–Kier alpha value is -4.52. The maximum absolute atomic E-state index is 14.8. The predicted molar refractivity (Wildman–Crippen MR) is 222 cm³/mol. The number of aryl methyl sites for hydroxylation is 1. The smallest absolute Gasteiger partial charge is 0.306 e. The van der Waals surface area contributed by atoms with Gasteiger partial charge < -0.3 is 19.1 Å². The zero-order valence-electron chi connectivity index (χ0n) is 34.3. The van der Waals surface area contributed by atoms with Crippen LogP contribution in [0.4, 0.5) is 0 Å². The largest absolute Gasteiger partial charge is 0.496 e. The summed E-state index contributed by atoms with van der Waals surface area (Å²) < 4.78 is 46.9. The molecular weight excluding hydrogens is 771 g/mol. The number of methoxy groups -OCH3 is 1. The minimum atomic E-state index is -3.83. The minimum absolute atomic E-state index is 0.0882. The first-order valence-corrected chi connectivity index (χ1v) is 23.3. The van der Waals surface area contributed by atoms with Crippen LogP contribution in [-0.4, -0.2) is 79.5 Å². The Bertz CT molecular complexity index is 2190. The molecule has 2 saturated heterocycles. The summed E-state index contributed by atoms with van der Waals surface area (Å²) in [6, 6.07) is 14.8. The Balaban J connectivity index is 1.18. The summed E-state index contributed by atoms with van der Waals surface area (Å²) in [7, 11) is -2.18. The molecule has 59 heavy (non-hydrogen) atoms. The van der Waals surface area contributed by atoms with Crippen molar-refractivity contribution in [1.29, 1.82) is 0 Å². The number of benzene rings is 2. The lowest BCUT2D eigenvalue weighted by Crippen LogP contribution is -2.46. The second kappa shape index (κ2) is 17.2. The summed E-state index contributed by atoms with van der Waals surface area (Å²) >= 11 is 0. The number of pyridine rings is 1. The van der Waals surface area contributed by atoms with Crippen LogP contribution >= 0.6 is 0 Å². The minimum Gasteiger partial charge on any atom is -0.496 e. The number of hydrogen-bond acceptors (Lipinski definition) is 10. The highest BCUT2D eigenvalue weighted by Crippen LogP contribution is 2.59. The van der Waals surface area contributed by atoms with Crippen LogP contribution in [0.5, 0.6) is 11.5 Å². The van der Waals surface area contributed by atoms with Crippen LogP contribution in [0.3, 0.4) is 0 Å². The molecule has 3 aliphatic heterocycles. The second-order valence-electron chi connectivity index (χ2n) is 17.8. The van der Waals surface area contributed by atoms with E-state index in [2.05, 4.69) is 17.7 Å². The second-order valence-corrected chi connectivity index (χ2v) is 19.8. The van der Waals surface area contributed by atoms with E-state index in [1.165, 1.54) is 0 Å². The van der Waals surface area contributed by atoms with Gasteiger partial charge in [-0.3, -0.25) is 23.9 Å². The maximum Gasteiger partial charge on any atom is 0.306 e. The quantitative estimate of drug-likeness (QED) is 0.263. The number of ketones is 1. The zero-order chi connectivity index (χ0) is 41.3. The molecule has 1 aromatic heterocycles. The fourth-order valence-electron chi connectivity index (χ4n) is 9.65. The van der Waals surface area contributed by atoms with Crippen LogP contribution in [0.15, 0.2) is 48.5 Å². The Labute approximate surface area is 347 Å². The van der Waals surface area contributed by atoms with Gasteiger partial charge in [0.25, 0.3) is 0 Å². The van der Waals surface area contributed by atoms with Crippen LogP contribution in [-0.2, 0) is 40.4 Å². The van der Waals surface area contributed by atoms with Crippen molar-refractivity contribution in [2.24, 2.45) is 23.2 Å². The van der Waals surface area contributed by atoms with Crippen molar-refractivity contribution in [3.05, 3.63) is 54.1 Å². The van der Waals surface area contributed by atoms with Gasteiger partial charge in [-0.2, -0.15) is 0 Å². The van der Waals surface area contributed by atoms with Crippen molar-refractivity contribution >= 4 is 44.5 Å². The van der Waals surface area contributed by atoms with E-state index in [4.69, 9.17) is 19.2 Å². The molecule has 4 heterocycles. The normalized spacial score (nSPS) is 28.7. The number of aromatic nitrogens is 1. The fraction of sp³-hybridized carbons (Fsp3) is 0.587. The molecule has 3 aromatic rings. The van der Waals surface area contributed by atoms with Gasteiger partial charge in [0.2, 0.25) is 21.8 Å². The monoisotopic (exact) mass is 827 g/mol. The molecule has 0 radical (unpaired) electrons. The molecule has 12 nitrogen and oxygen atoms in total. The number of ether oxygens (including phenoxy) is 3. The van der Waals surface area contributed by atoms with Crippen LogP contribution < -0.4 is 14.2 Å². The van der Waals surface area contributed by atoms with Crippen LogP contribution in [0.1, 0.15) is 109 Å². The van der Waals surface area contributed by atoms with Gasteiger partial charge in [-0.1, -0.05) is 69.4 Å². The zero-order valence-corrected chi connectivity index (χ0v) is 35.1. The number of Topliss-reactive ketones (excluding diaryl/α,β-unsaturated/α-hetero) is 1. The summed E-state index contributed by atoms with van der Waals surface area (Å²) in [5.41, 5.74) is 2.12. The third-order valence-corrected chi connectivity index (χ3v) is 15.2. The number of fused-ring (bicyclic) bond motifs is 4. The first-order chi connectivity index (χ1) is 28.4. The molecule has 5 aliphatic rings. The lowest BCUT2D eigenvalue weighted by atomic mass is 9.90. The van der Waals surface area contributed by atoms with Crippen molar-refractivity contribution in [3.8, 4) is 22.8 Å². The number of rotatable bonds is 5. The number of carbonyl (C=O) groups is 4. The third-order valence-electron chi connectivity index (χ3n) is 13.4. The summed E-state index contributed by atoms with van der Waals surface area (Å²) in [5.74, 6) is -1.06. The van der Waals surface area contributed by atoms with Gasteiger partial charge in [-0.05, 0) is 74.8 Å². The van der Waals surface area contributed by atoms with Gasteiger partial charge in [-0.15, -0.1) is 0 Å². The van der Waals surface area contributed by atoms with Gasteiger partial charge in [0.15, 0.2) is 5.78 Å². The van der Waals surface area contributed by atoms with Crippen LogP contribution in [0, 0.1) is 23.2 Å². The number of nitrogens with one attached hydrogen (secondary N) is 1. The van der Waals surface area contributed by atoms with Crippen molar-refractivity contribution < 1.29 is 41.8 Å². The lowest BCUT2D eigenvalue weighted by molar-refractivity contribution is -0.151. The SMILES string of the molecule is COc1cc2nc(-c3ccccc3)cc3c2cc1CCC[C@@H](C)COC(=O)C[C@H]1CCCCCCC[C@@H]2C[C@@]2(C(=O)NS(=O)(=O)C2CC2)CC(=O)[C@@H]2C[C@H](CN2C1=O)O3. The highest BCUT2D eigenvalue weighted by atomic mass is 32.2. The molecule has 13 heteroatoms. The number of esters is 1. The molecule has 1 N–H and O–H groups in total. The molecule has 0 spiro atoms. The van der Waals surface area contributed by atoms with Gasteiger partial charge in [0.05, 0.1) is 54.6 Å². The number of nitrogens with zero attached hydrogens (tertiary/aromatic N) is 2. The Morgan fingerprint density at radius 1 is 0.949 bits per heavy atom. The Morgan fingerprint density at radius 2 is 1.71 bits per heavy atom. The van der Waals surface area contributed by atoms with E-state index < -0.39 is 50.6 Å². The van der Waals surface area contributed by atoms with Crippen molar-refractivity contribution in [3.63, 3.8) is 0 Å². The fourth-order valence-corrected chi connectivity index (χ4v) is 11.0. The topological polar surface area (TPSA) is 158 Å². The van der Waals surface area contributed by atoms with Crippen LogP contribution in [0.2, 0.25) is 0 Å². The van der Waals surface area contributed by atoms with Crippen molar-refractivity contribution in [2.75, 3.05) is 20.3 Å². The number of amides is 2. The number of sulfonamides is 1. The average Bonchev–Trinajstić information content (AvgIpc) is 4.15. The summed E-state index contributed by atoms with van der Waals surface area (Å²) in [6.45, 7) is 2.40. The van der Waals surface area contributed by atoms with Gasteiger partial charge >= 0.3 is 5.97 Å². The van der Waals surface area contributed by atoms with Gasteiger partial charge in [0.1, 0.15) is 17.6 Å². The molecule has 6 atom stereocenters. The molecule has 2 saturated carbocycles. The number of cyclic esters (lactones) is 1. The maximum atomic E-state index is 14.8. The Morgan fingerprint density at radius 3 is 2.47 bits per heavy atom. The standard InChI is InChI=1S/C46H57N3O9S/c1-29-12-11-16-31-20-36-38(24-41(31)56-2)47-37(30-13-8-6-9-14-30)23-42(36)58-34-22-39-40(50)26-46(45(53)48-59(54,55)35-18-19-35)25-33(46)17-10-5-3-4-7-15-32(21-43(51)57-28-29)44(52)49(39)27-34/h6,8-9,13-14,20,23-24,29,32-35,39H,3-5,7,10-12,15-19,21-22,25-28H2,1-2H3,(H,48,53)/t29-,32-,33-,34-,39+,46-/m1/s1. The molecular formula is C46H57N3O9S. The van der Waals surface area contributed by atoms with E-state index in [0.29, 0.717) is 48.4 Å². The molecule has 2 aromatic carbocycles. The van der Waals surface area contributed by atoms with E-state index in [0.717, 1.165) is 74.3 Å². The number of hydrogen-bond donors (Lipinski definition) is 1. The highest BCUT2D eigenvalue weighted by molar-refractivity contribution is 7.90. The summed E-state index contributed by atoms with van der Waals surface area (Å²) in [5, 5.41) is 0.213. The van der Waals surface area contributed by atoms with Crippen LogP contribution in [0.25, 0.3) is 22.2 Å². The first kappa shape index (κ1) is 41.2. The van der Waals surface area contributed by atoms with Crippen molar-refractivity contribution in [2.45, 2.75) is 127 Å². The van der Waals surface area contributed by atoms with Gasteiger partial charge in [0, 0.05) is 41.8 Å². The number of carbonyl (C=O) groups excluding carboxylic acids is 4.